The van der Waals surface area contributed by atoms with E-state index in [1.54, 1.807) is 24.3 Å². The second kappa shape index (κ2) is 7.48. The number of hydrogen-bond acceptors (Lipinski definition) is 6. The number of rotatable bonds is 7. The summed E-state index contributed by atoms with van der Waals surface area (Å²) in [5.41, 5.74) is 7.79. The van der Waals surface area contributed by atoms with Gasteiger partial charge in [-0.3, -0.25) is 4.79 Å². The van der Waals surface area contributed by atoms with E-state index in [0.29, 0.717) is 28.9 Å². The molecule has 0 unspecified atom stereocenters. The molecule has 1 aromatic heterocycles. The van der Waals surface area contributed by atoms with Crippen molar-refractivity contribution in [3.05, 3.63) is 41.6 Å². The van der Waals surface area contributed by atoms with Crippen molar-refractivity contribution >= 4 is 23.4 Å². The predicted octanol–water partition coefficient (Wildman–Crippen LogP) is 2.16. The first-order valence-corrected chi connectivity index (χ1v) is 8.46. The molecule has 1 aliphatic carbocycles. The van der Waals surface area contributed by atoms with Gasteiger partial charge >= 0.3 is 0 Å². The Morgan fingerprint density at radius 3 is 2.76 bits per heavy atom. The molecule has 4 N–H and O–H groups in total. The van der Waals surface area contributed by atoms with E-state index in [0.717, 1.165) is 31.6 Å². The molecule has 0 saturated heterocycles. The Labute approximate surface area is 147 Å². The Kier molecular flexibility index (Phi) is 5.14. The molecule has 0 bridgehead atoms. The molecule has 1 aromatic carbocycles. The lowest BCUT2D eigenvalue weighted by Gasteiger charge is -2.13. The van der Waals surface area contributed by atoms with Crippen LogP contribution < -0.4 is 16.4 Å². The summed E-state index contributed by atoms with van der Waals surface area (Å²) in [5.74, 6) is 1.30. The van der Waals surface area contributed by atoms with Crippen molar-refractivity contribution in [2.24, 2.45) is 0 Å². The molecule has 0 spiro atoms. The van der Waals surface area contributed by atoms with Crippen molar-refractivity contribution in [1.82, 2.24) is 14.9 Å². The number of carbonyl (C=O) groups excluding carboxylic acids is 1. The Hall–Kier alpha value is -2.67. The number of amides is 1. The van der Waals surface area contributed by atoms with Crippen molar-refractivity contribution in [2.75, 3.05) is 43.6 Å². The molecule has 0 atom stereocenters. The molecule has 0 radical (unpaired) electrons. The molecule has 25 heavy (non-hydrogen) atoms. The highest BCUT2D eigenvalue weighted by atomic mass is 16.1. The lowest BCUT2D eigenvalue weighted by molar-refractivity contribution is 0.102. The van der Waals surface area contributed by atoms with Gasteiger partial charge in [0.1, 0.15) is 5.82 Å². The molecule has 1 aliphatic rings. The van der Waals surface area contributed by atoms with Crippen molar-refractivity contribution in [1.29, 1.82) is 0 Å². The van der Waals surface area contributed by atoms with Crippen LogP contribution in [0.5, 0.6) is 0 Å². The van der Waals surface area contributed by atoms with Gasteiger partial charge in [-0.15, -0.1) is 0 Å². The monoisotopic (exact) mass is 340 g/mol. The Morgan fingerprint density at radius 1 is 1.28 bits per heavy atom. The SMILES string of the molecule is CN(C)CCNc1nc(NC(=O)c2cccc(N)c2)cc(C2CC2)n1. The van der Waals surface area contributed by atoms with E-state index >= 15 is 0 Å². The fraction of sp³-hybridized carbons (Fsp3) is 0.389. The quantitative estimate of drug-likeness (QED) is 0.669. The topological polar surface area (TPSA) is 96.2 Å². The Bertz CT molecular complexity index is 757. The van der Waals surface area contributed by atoms with Crippen molar-refractivity contribution in [3.8, 4) is 0 Å². The summed E-state index contributed by atoms with van der Waals surface area (Å²) in [4.78, 5) is 23.5. The molecule has 1 heterocycles. The summed E-state index contributed by atoms with van der Waals surface area (Å²) in [7, 11) is 4.03. The van der Waals surface area contributed by atoms with Gasteiger partial charge in [0.2, 0.25) is 5.95 Å². The number of benzene rings is 1. The largest absolute Gasteiger partial charge is 0.399 e. The van der Waals surface area contributed by atoms with Crippen LogP contribution in [0.2, 0.25) is 0 Å². The zero-order chi connectivity index (χ0) is 17.8. The molecule has 1 saturated carbocycles. The van der Waals surface area contributed by atoms with Gasteiger partial charge in [0.05, 0.1) is 5.69 Å². The lowest BCUT2D eigenvalue weighted by Crippen LogP contribution is -2.22. The fourth-order valence-electron chi connectivity index (χ4n) is 2.46. The number of carbonyl (C=O) groups is 1. The number of nitrogen functional groups attached to an aromatic ring is 1. The van der Waals surface area contributed by atoms with Crippen LogP contribution in [0.4, 0.5) is 17.5 Å². The van der Waals surface area contributed by atoms with Gasteiger partial charge in [0, 0.05) is 36.3 Å². The van der Waals surface area contributed by atoms with E-state index in [2.05, 4.69) is 25.5 Å². The first-order valence-electron chi connectivity index (χ1n) is 8.46. The average molecular weight is 340 g/mol. The van der Waals surface area contributed by atoms with Crippen LogP contribution in [0.15, 0.2) is 30.3 Å². The van der Waals surface area contributed by atoms with E-state index in [4.69, 9.17) is 5.73 Å². The minimum Gasteiger partial charge on any atom is -0.399 e. The van der Waals surface area contributed by atoms with Crippen LogP contribution in [0.3, 0.4) is 0 Å². The van der Waals surface area contributed by atoms with Crippen LogP contribution in [0.25, 0.3) is 0 Å². The minimum atomic E-state index is -0.230. The summed E-state index contributed by atoms with van der Waals surface area (Å²) in [5, 5.41) is 6.08. The summed E-state index contributed by atoms with van der Waals surface area (Å²) < 4.78 is 0. The second-order valence-corrected chi connectivity index (χ2v) is 6.59. The number of likely N-dealkylation sites (N-methyl/N-ethyl adjacent to an activating group) is 1. The first kappa shape index (κ1) is 17.2. The fourth-order valence-corrected chi connectivity index (χ4v) is 2.46. The van der Waals surface area contributed by atoms with E-state index in [9.17, 15) is 4.79 Å². The minimum absolute atomic E-state index is 0.230. The number of hydrogen-bond donors (Lipinski definition) is 3. The Morgan fingerprint density at radius 2 is 2.08 bits per heavy atom. The molecule has 132 valence electrons. The molecule has 7 nitrogen and oxygen atoms in total. The van der Waals surface area contributed by atoms with E-state index < -0.39 is 0 Å². The number of nitrogens with one attached hydrogen (secondary N) is 2. The van der Waals surface area contributed by atoms with Gasteiger partial charge in [-0.2, -0.15) is 4.98 Å². The summed E-state index contributed by atoms with van der Waals surface area (Å²) in [6, 6.07) is 8.74. The highest BCUT2D eigenvalue weighted by molar-refractivity contribution is 6.04. The smallest absolute Gasteiger partial charge is 0.256 e. The maximum atomic E-state index is 12.4. The normalized spacial score (nSPS) is 13.7. The van der Waals surface area contributed by atoms with Gasteiger partial charge in [-0.1, -0.05) is 6.07 Å². The molecule has 2 aromatic rings. The molecule has 1 amide bonds. The second-order valence-electron chi connectivity index (χ2n) is 6.59. The first-order chi connectivity index (χ1) is 12.0. The van der Waals surface area contributed by atoms with E-state index in [1.165, 1.54) is 0 Å². The van der Waals surface area contributed by atoms with Gasteiger partial charge < -0.3 is 21.3 Å². The predicted molar refractivity (Wildman–Crippen MR) is 99.9 cm³/mol. The van der Waals surface area contributed by atoms with Crippen LogP contribution in [-0.2, 0) is 0 Å². The van der Waals surface area contributed by atoms with E-state index in [-0.39, 0.29) is 5.91 Å². The Balaban J connectivity index is 1.75. The molecule has 3 rings (SSSR count). The van der Waals surface area contributed by atoms with Crippen molar-refractivity contribution in [3.63, 3.8) is 0 Å². The van der Waals surface area contributed by atoms with Gasteiger partial charge in [-0.05, 0) is 45.1 Å². The van der Waals surface area contributed by atoms with Crippen molar-refractivity contribution < 1.29 is 4.79 Å². The summed E-state index contributed by atoms with van der Waals surface area (Å²) in [6.07, 6.45) is 2.27. The highest BCUT2D eigenvalue weighted by Crippen LogP contribution is 2.39. The third kappa shape index (κ3) is 4.90. The van der Waals surface area contributed by atoms with E-state index in [1.807, 2.05) is 20.2 Å². The number of nitrogens with zero attached hydrogens (tertiary/aromatic N) is 3. The van der Waals surface area contributed by atoms with Gasteiger partial charge in [0.15, 0.2) is 0 Å². The van der Waals surface area contributed by atoms with Crippen LogP contribution in [-0.4, -0.2) is 48.0 Å². The third-order valence-corrected chi connectivity index (χ3v) is 3.97. The maximum Gasteiger partial charge on any atom is 0.256 e. The number of anilines is 3. The summed E-state index contributed by atoms with van der Waals surface area (Å²) >= 11 is 0. The molecular formula is C18H24N6O. The van der Waals surface area contributed by atoms with Crippen molar-refractivity contribution in [2.45, 2.75) is 18.8 Å². The molecule has 0 aliphatic heterocycles. The van der Waals surface area contributed by atoms with Crippen LogP contribution >= 0.6 is 0 Å². The van der Waals surface area contributed by atoms with Crippen LogP contribution in [0, 0.1) is 0 Å². The molecular weight excluding hydrogens is 316 g/mol. The zero-order valence-electron chi connectivity index (χ0n) is 14.6. The molecule has 1 fully saturated rings. The summed E-state index contributed by atoms with van der Waals surface area (Å²) in [6.45, 7) is 1.62. The standard InChI is InChI=1S/C18H24N6O/c1-24(2)9-8-20-18-21-15(12-6-7-12)11-16(23-18)22-17(25)13-4-3-5-14(19)10-13/h3-5,10-12H,6-9,19H2,1-2H3,(H2,20,21,22,23,25). The average Bonchev–Trinajstić information content (AvgIpc) is 3.39. The number of aromatic nitrogens is 2. The zero-order valence-corrected chi connectivity index (χ0v) is 14.6. The van der Waals surface area contributed by atoms with Gasteiger partial charge in [-0.25, -0.2) is 4.98 Å². The maximum absolute atomic E-state index is 12.4. The van der Waals surface area contributed by atoms with Crippen LogP contribution in [0.1, 0.15) is 34.8 Å². The molecule has 7 heteroatoms. The lowest BCUT2D eigenvalue weighted by atomic mass is 10.2. The number of nitrogens with two attached hydrogens (primary N) is 1. The third-order valence-electron chi connectivity index (χ3n) is 3.97. The van der Waals surface area contributed by atoms with Gasteiger partial charge in [0.25, 0.3) is 5.91 Å². The highest BCUT2D eigenvalue weighted by Gasteiger charge is 2.26.